The number of thioether (sulfide) groups is 1. The molecule has 0 aliphatic rings. The Hall–Kier alpha value is -1.34. The van der Waals surface area contributed by atoms with Gasteiger partial charge in [-0.3, -0.25) is 0 Å². The predicted octanol–water partition coefficient (Wildman–Crippen LogP) is 2.20. The van der Waals surface area contributed by atoms with Crippen LogP contribution in [0.2, 0.25) is 0 Å². The highest BCUT2D eigenvalue weighted by atomic mass is 32.2. The molecule has 0 saturated carbocycles. The number of rotatable bonds is 5. The van der Waals surface area contributed by atoms with E-state index in [1.807, 2.05) is 6.26 Å². The van der Waals surface area contributed by atoms with E-state index in [2.05, 4.69) is 10.6 Å². The fourth-order valence-electron chi connectivity index (χ4n) is 1.39. The van der Waals surface area contributed by atoms with Crippen LogP contribution in [-0.2, 0) is 0 Å². The van der Waals surface area contributed by atoms with Gasteiger partial charge in [-0.05, 0) is 25.3 Å². The maximum atomic E-state index is 13.3. The Morgan fingerprint density at radius 3 is 2.79 bits per heavy atom. The first kappa shape index (κ1) is 15.7. The Bertz CT molecular complexity index is 455. The Kier molecular flexibility index (Phi) is 5.56. The van der Waals surface area contributed by atoms with E-state index in [4.69, 9.17) is 0 Å². The predicted molar refractivity (Wildman–Crippen MR) is 72.4 cm³/mol. The maximum Gasteiger partial charge on any atom is 0.319 e. The summed E-state index contributed by atoms with van der Waals surface area (Å²) in [5.74, 6) is -0.930. The van der Waals surface area contributed by atoms with Gasteiger partial charge < -0.3 is 15.7 Å². The van der Waals surface area contributed by atoms with E-state index in [-0.39, 0.29) is 12.2 Å². The summed E-state index contributed by atoms with van der Waals surface area (Å²) in [7, 11) is 0. The van der Waals surface area contributed by atoms with E-state index >= 15 is 0 Å². The number of aliphatic hydroxyl groups is 1. The van der Waals surface area contributed by atoms with Gasteiger partial charge in [-0.25, -0.2) is 13.6 Å². The van der Waals surface area contributed by atoms with Crippen LogP contribution in [0.25, 0.3) is 0 Å². The molecule has 1 rings (SSSR count). The van der Waals surface area contributed by atoms with Gasteiger partial charge in [-0.2, -0.15) is 11.8 Å². The molecule has 1 unspecified atom stereocenters. The number of halogens is 2. The summed E-state index contributed by atoms with van der Waals surface area (Å²) in [5, 5.41) is 14.4. The molecule has 1 aromatic carbocycles. The summed E-state index contributed by atoms with van der Waals surface area (Å²) in [4.78, 5) is 11.5. The number of carbonyl (C=O) groups excluding carboxylic acids is 1. The van der Waals surface area contributed by atoms with Gasteiger partial charge in [0.2, 0.25) is 0 Å². The Balaban J connectivity index is 2.54. The Morgan fingerprint density at radius 1 is 1.47 bits per heavy atom. The average Bonchev–Trinajstić information content (AvgIpc) is 2.31. The highest BCUT2D eigenvalue weighted by Gasteiger charge is 2.20. The number of benzene rings is 1. The van der Waals surface area contributed by atoms with Crippen LogP contribution in [0.5, 0.6) is 0 Å². The second-order valence-corrected chi connectivity index (χ2v) is 5.23. The lowest BCUT2D eigenvalue weighted by Gasteiger charge is -2.22. The van der Waals surface area contributed by atoms with Crippen LogP contribution in [0.4, 0.5) is 19.3 Å². The molecule has 0 aliphatic carbocycles. The molecule has 19 heavy (non-hydrogen) atoms. The van der Waals surface area contributed by atoms with Crippen molar-refractivity contribution in [1.82, 2.24) is 5.32 Å². The standard InChI is InChI=1S/C12H16F2N2O2S/c1-12(18,7-19-2)6-15-11(17)16-10-5-8(13)3-4-9(10)14/h3-5,18H,6-7H2,1-2H3,(H2,15,16,17). The molecule has 0 radical (unpaired) electrons. The van der Waals surface area contributed by atoms with Crippen molar-refractivity contribution in [3.05, 3.63) is 29.8 Å². The van der Waals surface area contributed by atoms with Crippen LogP contribution in [0.3, 0.4) is 0 Å². The lowest BCUT2D eigenvalue weighted by molar-refractivity contribution is 0.0876. The Morgan fingerprint density at radius 2 is 2.16 bits per heavy atom. The number of carbonyl (C=O) groups is 1. The van der Waals surface area contributed by atoms with Gasteiger partial charge in [0, 0.05) is 18.4 Å². The molecule has 0 heterocycles. The molecular weight excluding hydrogens is 274 g/mol. The number of amides is 2. The van der Waals surface area contributed by atoms with Crippen LogP contribution in [-0.4, -0.2) is 35.3 Å². The molecule has 0 aromatic heterocycles. The van der Waals surface area contributed by atoms with Gasteiger partial charge in [0.25, 0.3) is 0 Å². The molecule has 2 amide bonds. The monoisotopic (exact) mass is 290 g/mol. The van der Waals surface area contributed by atoms with Crippen molar-refractivity contribution in [2.24, 2.45) is 0 Å². The minimum absolute atomic E-state index is 0.0105. The Labute approximate surface area is 114 Å². The van der Waals surface area contributed by atoms with Crippen LogP contribution >= 0.6 is 11.8 Å². The highest BCUT2D eigenvalue weighted by Crippen LogP contribution is 2.15. The smallest absolute Gasteiger partial charge is 0.319 e. The summed E-state index contributed by atoms with van der Waals surface area (Å²) in [6.07, 6.45) is 1.83. The van der Waals surface area contributed by atoms with Crippen molar-refractivity contribution in [2.45, 2.75) is 12.5 Å². The van der Waals surface area contributed by atoms with Crippen LogP contribution in [0.15, 0.2) is 18.2 Å². The number of hydrogen-bond donors (Lipinski definition) is 3. The quantitative estimate of drug-likeness (QED) is 0.779. The van der Waals surface area contributed by atoms with Crippen molar-refractivity contribution in [3.63, 3.8) is 0 Å². The van der Waals surface area contributed by atoms with E-state index in [9.17, 15) is 18.7 Å². The summed E-state index contributed by atoms with van der Waals surface area (Å²) in [6, 6.07) is 2.07. The third kappa shape index (κ3) is 5.44. The molecule has 7 heteroatoms. The van der Waals surface area contributed by atoms with E-state index in [1.54, 1.807) is 6.92 Å². The van der Waals surface area contributed by atoms with E-state index in [0.29, 0.717) is 5.75 Å². The van der Waals surface area contributed by atoms with Gasteiger partial charge in [0.05, 0.1) is 11.3 Å². The first-order valence-corrected chi connectivity index (χ1v) is 6.95. The van der Waals surface area contributed by atoms with Gasteiger partial charge in [-0.15, -0.1) is 0 Å². The molecule has 1 aromatic rings. The number of urea groups is 1. The lowest BCUT2D eigenvalue weighted by Crippen LogP contribution is -2.44. The third-order valence-electron chi connectivity index (χ3n) is 2.26. The molecule has 0 spiro atoms. The number of anilines is 1. The van der Waals surface area contributed by atoms with Crippen LogP contribution in [0, 0.1) is 11.6 Å². The van der Waals surface area contributed by atoms with E-state index in [1.165, 1.54) is 11.8 Å². The van der Waals surface area contributed by atoms with Crippen LogP contribution < -0.4 is 10.6 Å². The summed E-state index contributed by atoms with van der Waals surface area (Å²) in [6.45, 7) is 1.59. The zero-order valence-electron chi connectivity index (χ0n) is 10.7. The molecule has 0 saturated heterocycles. The number of hydrogen-bond acceptors (Lipinski definition) is 3. The zero-order chi connectivity index (χ0) is 14.5. The topological polar surface area (TPSA) is 61.4 Å². The molecule has 0 bridgehead atoms. The van der Waals surface area contributed by atoms with Gasteiger partial charge >= 0.3 is 6.03 Å². The molecular formula is C12H16F2N2O2S. The molecule has 3 N–H and O–H groups in total. The normalized spacial score (nSPS) is 13.7. The van der Waals surface area contributed by atoms with E-state index in [0.717, 1.165) is 18.2 Å². The summed E-state index contributed by atoms with van der Waals surface area (Å²) < 4.78 is 26.2. The summed E-state index contributed by atoms with van der Waals surface area (Å²) >= 11 is 1.44. The minimum Gasteiger partial charge on any atom is -0.387 e. The maximum absolute atomic E-state index is 13.3. The molecule has 106 valence electrons. The van der Waals surface area contributed by atoms with Crippen molar-refractivity contribution in [3.8, 4) is 0 Å². The van der Waals surface area contributed by atoms with Gasteiger partial charge in [0.15, 0.2) is 0 Å². The third-order valence-corrected chi connectivity index (χ3v) is 3.17. The van der Waals surface area contributed by atoms with Crippen molar-refractivity contribution in [2.75, 3.05) is 23.9 Å². The largest absolute Gasteiger partial charge is 0.387 e. The summed E-state index contributed by atoms with van der Waals surface area (Å²) in [5.41, 5.74) is -1.31. The first-order chi connectivity index (χ1) is 8.84. The lowest BCUT2D eigenvalue weighted by atomic mass is 10.1. The average molecular weight is 290 g/mol. The second-order valence-electron chi connectivity index (χ2n) is 4.36. The zero-order valence-corrected chi connectivity index (χ0v) is 11.5. The van der Waals surface area contributed by atoms with Gasteiger partial charge in [0.1, 0.15) is 11.6 Å². The molecule has 4 nitrogen and oxygen atoms in total. The van der Waals surface area contributed by atoms with Crippen LogP contribution in [0.1, 0.15) is 6.92 Å². The second kappa shape index (κ2) is 6.72. The minimum atomic E-state index is -1.06. The van der Waals surface area contributed by atoms with E-state index < -0.39 is 23.3 Å². The van der Waals surface area contributed by atoms with Crippen molar-refractivity contribution in [1.29, 1.82) is 0 Å². The molecule has 0 fully saturated rings. The number of nitrogens with one attached hydrogen (secondary N) is 2. The molecule has 1 atom stereocenters. The SMILES string of the molecule is CSCC(C)(O)CNC(=O)Nc1cc(F)ccc1F. The van der Waals surface area contributed by atoms with Crippen molar-refractivity contribution >= 4 is 23.5 Å². The van der Waals surface area contributed by atoms with Gasteiger partial charge in [-0.1, -0.05) is 0 Å². The molecule has 0 aliphatic heterocycles. The first-order valence-electron chi connectivity index (χ1n) is 5.55. The highest BCUT2D eigenvalue weighted by molar-refractivity contribution is 7.98. The fourth-order valence-corrected chi connectivity index (χ4v) is 2.12. The van der Waals surface area contributed by atoms with Crippen molar-refractivity contribution < 1.29 is 18.7 Å². The fraction of sp³-hybridized carbons (Fsp3) is 0.417.